The highest BCUT2D eigenvalue weighted by Gasteiger charge is 2.56. The summed E-state index contributed by atoms with van der Waals surface area (Å²) in [5, 5.41) is 9.37. The van der Waals surface area contributed by atoms with Crippen molar-refractivity contribution in [3.63, 3.8) is 0 Å². The van der Waals surface area contributed by atoms with E-state index < -0.39 is 38.6 Å². The number of rotatable bonds is 4. The Kier molecular flexibility index (Phi) is 4.84. The van der Waals surface area contributed by atoms with Crippen LogP contribution < -0.4 is 5.73 Å². The smallest absolute Gasteiger partial charge is 0.243 e. The summed E-state index contributed by atoms with van der Waals surface area (Å²) in [6.07, 6.45) is 3.69. The van der Waals surface area contributed by atoms with E-state index in [1.807, 2.05) is 0 Å². The quantitative estimate of drug-likeness (QED) is 0.752. The molecule has 0 aromatic heterocycles. The number of halogens is 2. The summed E-state index contributed by atoms with van der Waals surface area (Å²) in [4.78, 5) is 14.3. The lowest BCUT2D eigenvalue weighted by molar-refractivity contribution is -0.135. The van der Waals surface area contributed by atoms with Gasteiger partial charge >= 0.3 is 0 Å². The van der Waals surface area contributed by atoms with Gasteiger partial charge in [0.2, 0.25) is 15.9 Å². The lowest BCUT2D eigenvalue weighted by Gasteiger charge is -2.40. The van der Waals surface area contributed by atoms with Gasteiger partial charge in [-0.2, -0.15) is 9.57 Å². The van der Waals surface area contributed by atoms with Crippen LogP contribution in [0.25, 0.3) is 0 Å². The van der Waals surface area contributed by atoms with Gasteiger partial charge in [-0.05, 0) is 62.5 Å². The summed E-state index contributed by atoms with van der Waals surface area (Å²) in [6, 6.07) is 2.68. The number of hydrogen-bond acceptors (Lipinski definition) is 5. The summed E-state index contributed by atoms with van der Waals surface area (Å²) in [5.74, 6) is -1.90. The molecule has 1 saturated carbocycles. The second kappa shape index (κ2) is 7.22. The maximum absolute atomic E-state index is 13.6. The lowest BCUT2D eigenvalue weighted by atomic mass is 9.85. The zero-order valence-corrected chi connectivity index (χ0v) is 17.6. The molecule has 3 heterocycles. The topological polar surface area (TPSA) is 108 Å². The van der Waals surface area contributed by atoms with Gasteiger partial charge in [0.1, 0.15) is 17.7 Å². The maximum Gasteiger partial charge on any atom is 0.243 e. The van der Waals surface area contributed by atoms with Gasteiger partial charge < -0.3 is 10.6 Å². The van der Waals surface area contributed by atoms with Crippen molar-refractivity contribution in [2.45, 2.75) is 73.6 Å². The number of amides is 1. The molecule has 1 aromatic carbocycles. The van der Waals surface area contributed by atoms with Crippen LogP contribution >= 0.6 is 0 Å². The number of carbonyl (C=O) groups excluding carboxylic acids is 1. The van der Waals surface area contributed by atoms with Gasteiger partial charge in [-0.1, -0.05) is 0 Å². The summed E-state index contributed by atoms with van der Waals surface area (Å²) in [5.41, 5.74) is 6.36. The van der Waals surface area contributed by atoms with Gasteiger partial charge in [-0.15, -0.1) is 0 Å². The van der Waals surface area contributed by atoms with Crippen LogP contribution in [0.15, 0.2) is 23.1 Å². The largest absolute Gasteiger partial charge is 0.322 e. The predicted octanol–water partition coefficient (Wildman–Crippen LogP) is 1.74. The number of hydrogen-bond donors (Lipinski definition) is 1. The molecule has 3 aliphatic heterocycles. The third kappa shape index (κ3) is 3.34. The highest BCUT2D eigenvalue weighted by molar-refractivity contribution is 7.89. The molecule has 7 nitrogen and oxygen atoms in total. The zero-order chi connectivity index (χ0) is 22.1. The Hall–Kier alpha value is -2.09. The van der Waals surface area contributed by atoms with E-state index in [2.05, 4.69) is 6.07 Å². The number of sulfonamides is 1. The van der Waals surface area contributed by atoms with E-state index in [1.165, 1.54) is 4.31 Å². The number of benzene rings is 1. The minimum atomic E-state index is -4.07. The molecule has 2 N–H and O–H groups in total. The molecular weight excluding hydrogens is 426 g/mol. The molecule has 1 aliphatic carbocycles. The predicted molar refractivity (Wildman–Crippen MR) is 106 cm³/mol. The van der Waals surface area contributed by atoms with E-state index in [-0.39, 0.29) is 30.0 Å². The molecule has 3 saturated heterocycles. The normalized spacial score (nSPS) is 35.5. The van der Waals surface area contributed by atoms with Crippen LogP contribution in [0.5, 0.6) is 0 Å². The van der Waals surface area contributed by atoms with Crippen molar-refractivity contribution in [2.24, 2.45) is 17.6 Å². The first-order valence-corrected chi connectivity index (χ1v) is 12.1. The fraction of sp³-hybridized carbons (Fsp3) is 0.619. The fourth-order valence-electron chi connectivity index (χ4n) is 5.92. The van der Waals surface area contributed by atoms with Gasteiger partial charge in [0.05, 0.1) is 17.0 Å². The molecule has 0 spiro atoms. The van der Waals surface area contributed by atoms with E-state index >= 15 is 0 Å². The van der Waals surface area contributed by atoms with Crippen molar-refractivity contribution < 1.29 is 22.0 Å². The molecule has 2 bridgehead atoms. The highest BCUT2D eigenvalue weighted by atomic mass is 32.2. The molecule has 7 atom stereocenters. The van der Waals surface area contributed by atoms with Crippen LogP contribution in [0, 0.1) is 34.8 Å². The first kappa shape index (κ1) is 20.8. The van der Waals surface area contributed by atoms with E-state index in [1.54, 1.807) is 4.90 Å². The molecule has 0 radical (unpaired) electrons. The van der Waals surface area contributed by atoms with Crippen LogP contribution in [-0.4, -0.2) is 53.7 Å². The molecule has 166 valence electrons. The Morgan fingerprint density at radius 3 is 2.29 bits per heavy atom. The first-order valence-electron chi connectivity index (χ1n) is 10.7. The molecule has 31 heavy (non-hydrogen) atoms. The third-order valence-corrected chi connectivity index (χ3v) is 9.40. The second-order valence-electron chi connectivity index (χ2n) is 9.27. The molecule has 5 rings (SSSR count). The Morgan fingerprint density at radius 1 is 1.10 bits per heavy atom. The minimum absolute atomic E-state index is 0.114. The van der Waals surface area contributed by atoms with E-state index in [9.17, 15) is 27.3 Å². The maximum atomic E-state index is 13.6. The average Bonchev–Trinajstić information content (AvgIpc) is 3.30. The number of nitrogens with zero attached hydrogens (tertiary/aromatic N) is 3. The summed E-state index contributed by atoms with van der Waals surface area (Å²) in [7, 11) is -4.07. The molecule has 4 fully saturated rings. The van der Waals surface area contributed by atoms with Gasteiger partial charge in [0.15, 0.2) is 0 Å². The number of nitrogens with two attached hydrogens (primary N) is 1. The van der Waals surface area contributed by atoms with Gasteiger partial charge in [-0.25, -0.2) is 17.2 Å². The van der Waals surface area contributed by atoms with Crippen LogP contribution in [-0.2, 0) is 14.8 Å². The molecular formula is C21H24F2N4O3S. The fourth-order valence-corrected chi connectivity index (χ4v) is 7.86. The van der Waals surface area contributed by atoms with Gasteiger partial charge in [0.25, 0.3) is 0 Å². The number of piperidine rings is 2. The van der Waals surface area contributed by atoms with Crippen LogP contribution in [0.4, 0.5) is 8.78 Å². The van der Waals surface area contributed by atoms with Crippen molar-refractivity contribution in [1.29, 1.82) is 5.26 Å². The van der Waals surface area contributed by atoms with Gasteiger partial charge in [-0.3, -0.25) is 4.79 Å². The van der Waals surface area contributed by atoms with E-state index in [0.29, 0.717) is 44.1 Å². The number of nitriles is 1. The standard InChI is InChI=1S/C21H24F2N4O3S/c22-13-7-14(23)9-18(8-13)31(29,30)27-15-1-2-16(27)5-12(4-15)20(25)21(28)26-17(10-24)3-11-6-19(11)26/h7-9,11-12,15-17,19-20H,1-6,25H2/t11?,12?,15-,16?,17?,19?,20-/m0/s1. The second-order valence-corrected chi connectivity index (χ2v) is 11.1. The Bertz CT molecular complexity index is 1040. The monoisotopic (exact) mass is 450 g/mol. The molecule has 1 aromatic rings. The van der Waals surface area contributed by atoms with Gasteiger partial charge in [0, 0.05) is 24.2 Å². The van der Waals surface area contributed by atoms with Crippen molar-refractivity contribution in [2.75, 3.05) is 0 Å². The van der Waals surface area contributed by atoms with Crippen LogP contribution in [0.3, 0.4) is 0 Å². The Morgan fingerprint density at radius 2 is 1.71 bits per heavy atom. The minimum Gasteiger partial charge on any atom is -0.322 e. The Labute approximate surface area is 179 Å². The molecule has 1 amide bonds. The number of fused-ring (bicyclic) bond motifs is 3. The first-order chi connectivity index (χ1) is 14.7. The summed E-state index contributed by atoms with van der Waals surface area (Å²) >= 11 is 0. The lowest BCUT2D eigenvalue weighted by Crippen LogP contribution is -2.55. The third-order valence-electron chi connectivity index (χ3n) is 7.41. The molecule has 5 unspecified atom stereocenters. The van der Waals surface area contributed by atoms with E-state index in [0.717, 1.165) is 18.6 Å². The van der Waals surface area contributed by atoms with E-state index in [4.69, 9.17) is 5.73 Å². The van der Waals surface area contributed by atoms with Crippen molar-refractivity contribution in [3.05, 3.63) is 29.8 Å². The van der Waals surface area contributed by atoms with Crippen LogP contribution in [0.1, 0.15) is 38.5 Å². The molecule has 10 heteroatoms. The summed E-state index contributed by atoms with van der Waals surface area (Å²) < 4.78 is 54.9. The molecule has 4 aliphatic rings. The van der Waals surface area contributed by atoms with Crippen molar-refractivity contribution >= 4 is 15.9 Å². The Balaban J connectivity index is 1.34. The zero-order valence-electron chi connectivity index (χ0n) is 16.8. The van der Waals surface area contributed by atoms with Crippen LogP contribution in [0.2, 0.25) is 0 Å². The number of likely N-dealkylation sites (tertiary alicyclic amines) is 1. The van der Waals surface area contributed by atoms with Crippen molar-refractivity contribution in [1.82, 2.24) is 9.21 Å². The highest BCUT2D eigenvalue weighted by Crippen LogP contribution is 2.49. The summed E-state index contributed by atoms with van der Waals surface area (Å²) in [6.45, 7) is 0. The SMILES string of the molecule is N#CC1CC2CC2N1C(=O)[C@@H](N)C1CC2CC[C@@H](C1)N2S(=O)(=O)c1cc(F)cc(F)c1. The van der Waals surface area contributed by atoms with Crippen molar-refractivity contribution in [3.8, 4) is 6.07 Å². The average molecular weight is 451 g/mol. The number of carbonyl (C=O) groups is 1.